The van der Waals surface area contributed by atoms with Crippen molar-refractivity contribution in [2.45, 2.75) is 29.6 Å². The highest BCUT2D eigenvalue weighted by Gasteiger charge is 2.46. The van der Waals surface area contributed by atoms with Crippen LogP contribution in [0.2, 0.25) is 0 Å². The largest absolute Gasteiger partial charge is 0.277 e. The van der Waals surface area contributed by atoms with E-state index in [1.807, 2.05) is 6.07 Å². The number of fused-ring (bicyclic) bond motifs is 1. The van der Waals surface area contributed by atoms with Crippen molar-refractivity contribution in [3.63, 3.8) is 0 Å². The number of aryl methyl sites for hydroxylation is 1. The summed E-state index contributed by atoms with van der Waals surface area (Å²) in [5.74, 6) is 0.243. The van der Waals surface area contributed by atoms with Crippen LogP contribution in [0, 0.1) is 0 Å². The SMILES string of the molecule is Cn1ncc2cccc(NS(=O)(=O)c3cnn(-c4cc(C5(F)CC(F)C5)ccn4)c3)c21. The quantitative estimate of drug-likeness (QED) is 0.510. The molecule has 4 aromatic rings. The fourth-order valence-electron chi connectivity index (χ4n) is 3.79. The lowest BCUT2D eigenvalue weighted by Gasteiger charge is -2.37. The van der Waals surface area contributed by atoms with Crippen LogP contribution in [-0.4, -0.2) is 39.1 Å². The van der Waals surface area contributed by atoms with Gasteiger partial charge in [0.15, 0.2) is 5.82 Å². The Hall–Kier alpha value is -3.34. The topological polar surface area (TPSA) is 94.7 Å². The molecule has 1 aromatic carbocycles. The first-order chi connectivity index (χ1) is 14.7. The van der Waals surface area contributed by atoms with Gasteiger partial charge in [-0.05, 0) is 23.8 Å². The number of sulfonamides is 1. The Morgan fingerprint density at radius 2 is 2.00 bits per heavy atom. The van der Waals surface area contributed by atoms with Crippen molar-refractivity contribution < 1.29 is 17.2 Å². The van der Waals surface area contributed by atoms with E-state index in [0.717, 1.165) is 5.39 Å². The summed E-state index contributed by atoms with van der Waals surface area (Å²) in [4.78, 5) is 4.06. The molecule has 0 radical (unpaired) electrons. The Morgan fingerprint density at radius 1 is 1.19 bits per heavy atom. The third kappa shape index (κ3) is 3.34. The molecule has 1 aliphatic carbocycles. The zero-order chi connectivity index (χ0) is 21.8. The molecular weight excluding hydrogens is 426 g/mol. The zero-order valence-electron chi connectivity index (χ0n) is 16.4. The van der Waals surface area contributed by atoms with Gasteiger partial charge in [-0.3, -0.25) is 9.40 Å². The van der Waals surface area contributed by atoms with E-state index in [1.165, 1.54) is 35.4 Å². The molecular formula is C20H18F2N6O2S. The van der Waals surface area contributed by atoms with Gasteiger partial charge >= 0.3 is 0 Å². The van der Waals surface area contributed by atoms with E-state index in [-0.39, 0.29) is 23.6 Å². The van der Waals surface area contributed by atoms with Crippen molar-refractivity contribution in [2.75, 3.05) is 4.72 Å². The Bertz CT molecular complexity index is 1390. The summed E-state index contributed by atoms with van der Waals surface area (Å²) in [6.45, 7) is 0. The summed E-state index contributed by atoms with van der Waals surface area (Å²) in [6, 6.07) is 8.16. The number of halogens is 2. The number of nitrogens with zero attached hydrogens (tertiary/aromatic N) is 5. The van der Waals surface area contributed by atoms with Crippen molar-refractivity contribution in [1.29, 1.82) is 0 Å². The molecule has 1 N–H and O–H groups in total. The highest BCUT2D eigenvalue weighted by Crippen LogP contribution is 2.46. The standard InChI is InChI=1S/C20H18F2N6O2S/c1-27-19-13(10-24-27)3-2-4-17(19)26-31(29,30)16-11-25-28(12-16)18-7-14(5-6-23-18)20(22)8-15(21)9-20/h2-7,10-12,15,26H,8-9H2,1H3. The maximum atomic E-state index is 14.7. The molecule has 0 bridgehead atoms. The molecule has 0 atom stereocenters. The first-order valence-electron chi connectivity index (χ1n) is 9.53. The average molecular weight is 444 g/mol. The van der Waals surface area contributed by atoms with Crippen LogP contribution in [0.25, 0.3) is 16.7 Å². The van der Waals surface area contributed by atoms with E-state index in [1.54, 1.807) is 30.1 Å². The lowest BCUT2D eigenvalue weighted by molar-refractivity contribution is -0.0162. The van der Waals surface area contributed by atoms with Crippen LogP contribution in [0.1, 0.15) is 18.4 Å². The first-order valence-corrected chi connectivity index (χ1v) is 11.0. The number of rotatable bonds is 5. The van der Waals surface area contributed by atoms with E-state index in [0.29, 0.717) is 16.8 Å². The highest BCUT2D eigenvalue weighted by molar-refractivity contribution is 7.92. The van der Waals surface area contributed by atoms with Crippen LogP contribution in [0.5, 0.6) is 0 Å². The van der Waals surface area contributed by atoms with Gasteiger partial charge in [0.2, 0.25) is 0 Å². The monoisotopic (exact) mass is 444 g/mol. The molecule has 0 saturated heterocycles. The van der Waals surface area contributed by atoms with Gasteiger partial charge in [-0.1, -0.05) is 12.1 Å². The van der Waals surface area contributed by atoms with Gasteiger partial charge in [-0.15, -0.1) is 0 Å². The van der Waals surface area contributed by atoms with Crippen LogP contribution in [0.15, 0.2) is 60.0 Å². The van der Waals surface area contributed by atoms with Crippen LogP contribution < -0.4 is 4.72 Å². The molecule has 3 aromatic heterocycles. The second-order valence-electron chi connectivity index (χ2n) is 7.61. The van der Waals surface area contributed by atoms with E-state index in [4.69, 9.17) is 0 Å². The Kier molecular flexibility index (Phi) is 4.33. The predicted octanol–water partition coefficient (Wildman–Crippen LogP) is 3.25. The number of benzene rings is 1. The minimum atomic E-state index is -3.95. The van der Waals surface area contributed by atoms with E-state index in [2.05, 4.69) is 19.9 Å². The average Bonchev–Trinajstić information content (AvgIpc) is 3.35. The molecule has 0 unspecified atom stereocenters. The lowest BCUT2D eigenvalue weighted by atomic mass is 9.75. The van der Waals surface area contributed by atoms with Crippen LogP contribution in [0.3, 0.4) is 0 Å². The first kappa shape index (κ1) is 19.6. The summed E-state index contributed by atoms with van der Waals surface area (Å²) < 4.78 is 59.2. The fraction of sp³-hybridized carbons (Fsp3) is 0.250. The minimum Gasteiger partial charge on any atom is -0.277 e. The molecule has 0 spiro atoms. The minimum absolute atomic E-state index is 0.0821. The Labute approximate surface area is 176 Å². The smallest absolute Gasteiger partial charge is 0.265 e. The van der Waals surface area contributed by atoms with Gasteiger partial charge in [0.1, 0.15) is 16.7 Å². The second kappa shape index (κ2) is 6.84. The number of aromatic nitrogens is 5. The molecule has 3 heterocycles. The van der Waals surface area contributed by atoms with Gasteiger partial charge in [0, 0.05) is 31.5 Å². The van der Waals surface area contributed by atoms with Gasteiger partial charge < -0.3 is 0 Å². The van der Waals surface area contributed by atoms with Crippen molar-refractivity contribution in [3.8, 4) is 5.82 Å². The molecule has 11 heteroatoms. The van der Waals surface area contributed by atoms with E-state index in [9.17, 15) is 17.2 Å². The number of para-hydroxylation sites is 1. The number of pyridine rings is 1. The van der Waals surface area contributed by atoms with Gasteiger partial charge in [0.25, 0.3) is 10.0 Å². The molecule has 0 amide bonds. The highest BCUT2D eigenvalue weighted by atomic mass is 32.2. The maximum absolute atomic E-state index is 14.7. The molecule has 31 heavy (non-hydrogen) atoms. The molecule has 1 saturated carbocycles. The predicted molar refractivity (Wildman–Crippen MR) is 110 cm³/mol. The summed E-state index contributed by atoms with van der Waals surface area (Å²) in [5.41, 5.74) is -0.404. The van der Waals surface area contributed by atoms with Crippen molar-refractivity contribution in [1.82, 2.24) is 24.5 Å². The molecule has 160 valence electrons. The van der Waals surface area contributed by atoms with Gasteiger partial charge in [-0.25, -0.2) is 26.9 Å². The summed E-state index contributed by atoms with van der Waals surface area (Å²) in [5, 5.41) is 9.01. The maximum Gasteiger partial charge on any atom is 0.265 e. The lowest BCUT2D eigenvalue weighted by Crippen LogP contribution is -2.38. The van der Waals surface area contributed by atoms with E-state index < -0.39 is 21.9 Å². The van der Waals surface area contributed by atoms with Crippen molar-refractivity contribution >= 4 is 26.6 Å². The van der Waals surface area contributed by atoms with Crippen LogP contribution in [0.4, 0.5) is 14.5 Å². The zero-order valence-corrected chi connectivity index (χ0v) is 17.2. The summed E-state index contributed by atoms with van der Waals surface area (Å²) in [7, 11) is -2.23. The number of hydrogen-bond acceptors (Lipinski definition) is 5. The van der Waals surface area contributed by atoms with Crippen molar-refractivity contribution in [3.05, 3.63) is 60.7 Å². The summed E-state index contributed by atoms with van der Waals surface area (Å²) in [6.07, 6.45) is 3.98. The number of anilines is 1. The van der Waals surface area contributed by atoms with Crippen LogP contribution in [-0.2, 0) is 22.7 Å². The molecule has 1 fully saturated rings. The normalized spacial score (nSPS) is 21.2. The Morgan fingerprint density at radius 3 is 2.77 bits per heavy atom. The molecule has 0 aliphatic heterocycles. The van der Waals surface area contributed by atoms with Gasteiger partial charge in [-0.2, -0.15) is 10.2 Å². The van der Waals surface area contributed by atoms with E-state index >= 15 is 0 Å². The molecule has 1 aliphatic rings. The second-order valence-corrected chi connectivity index (χ2v) is 9.29. The number of nitrogens with one attached hydrogen (secondary N) is 1. The number of alkyl halides is 2. The van der Waals surface area contributed by atoms with Gasteiger partial charge in [0.05, 0.1) is 29.8 Å². The van der Waals surface area contributed by atoms with Crippen LogP contribution >= 0.6 is 0 Å². The third-order valence-corrected chi connectivity index (χ3v) is 6.78. The molecule has 5 rings (SSSR count). The Balaban J connectivity index is 1.44. The number of hydrogen-bond donors (Lipinski definition) is 1. The fourth-order valence-corrected chi connectivity index (χ4v) is 4.79. The third-order valence-electron chi connectivity index (χ3n) is 5.46. The van der Waals surface area contributed by atoms with Crippen molar-refractivity contribution in [2.24, 2.45) is 7.05 Å². The summed E-state index contributed by atoms with van der Waals surface area (Å²) >= 11 is 0. The molecule has 8 nitrogen and oxygen atoms in total.